The number of alkyl halides is 2. The summed E-state index contributed by atoms with van der Waals surface area (Å²) in [5.41, 5.74) is 0.824. The van der Waals surface area contributed by atoms with Crippen LogP contribution >= 0.6 is 0 Å². The summed E-state index contributed by atoms with van der Waals surface area (Å²) < 4.78 is 30.9. The Labute approximate surface area is 127 Å². The third-order valence-corrected chi connectivity index (χ3v) is 3.10. The van der Waals surface area contributed by atoms with E-state index < -0.39 is 12.5 Å². The summed E-state index contributed by atoms with van der Waals surface area (Å²) >= 11 is 0. The number of para-hydroxylation sites is 1. The van der Waals surface area contributed by atoms with Crippen LogP contribution < -0.4 is 4.74 Å². The zero-order valence-electron chi connectivity index (χ0n) is 12.4. The molecule has 2 rings (SSSR count). The van der Waals surface area contributed by atoms with E-state index in [9.17, 15) is 13.6 Å². The minimum absolute atomic E-state index is 0.0974. The van der Waals surface area contributed by atoms with Crippen LogP contribution in [0.1, 0.15) is 23.0 Å². The molecule has 0 aliphatic heterocycles. The van der Waals surface area contributed by atoms with E-state index in [1.54, 1.807) is 17.8 Å². The van der Waals surface area contributed by atoms with Crippen LogP contribution in [-0.2, 0) is 13.1 Å². The number of hydrogen-bond acceptors (Lipinski definition) is 3. The van der Waals surface area contributed by atoms with Crippen LogP contribution in [0.15, 0.2) is 36.5 Å². The van der Waals surface area contributed by atoms with Crippen molar-refractivity contribution in [1.29, 1.82) is 0 Å². The second kappa shape index (κ2) is 7.02. The molecule has 1 aromatic carbocycles. The van der Waals surface area contributed by atoms with Crippen molar-refractivity contribution >= 4 is 5.91 Å². The molecule has 2 aromatic rings. The van der Waals surface area contributed by atoms with Crippen LogP contribution in [0.5, 0.6) is 5.75 Å². The number of ether oxygens (including phenoxy) is 1. The van der Waals surface area contributed by atoms with Crippen molar-refractivity contribution in [3.05, 3.63) is 47.8 Å². The van der Waals surface area contributed by atoms with E-state index in [4.69, 9.17) is 0 Å². The molecule has 0 fully saturated rings. The van der Waals surface area contributed by atoms with E-state index in [1.165, 1.54) is 23.1 Å². The van der Waals surface area contributed by atoms with Gasteiger partial charge < -0.3 is 9.64 Å². The van der Waals surface area contributed by atoms with Gasteiger partial charge in [0, 0.05) is 19.8 Å². The minimum atomic E-state index is -2.97. The largest absolute Gasteiger partial charge is 0.434 e. The second-order valence-electron chi connectivity index (χ2n) is 4.70. The molecule has 0 spiro atoms. The van der Waals surface area contributed by atoms with Crippen molar-refractivity contribution in [1.82, 2.24) is 14.7 Å². The number of hydrogen-bond donors (Lipinski definition) is 0. The Morgan fingerprint density at radius 3 is 2.73 bits per heavy atom. The van der Waals surface area contributed by atoms with Gasteiger partial charge in [0.05, 0.1) is 17.8 Å². The normalized spacial score (nSPS) is 10.8. The number of carbonyl (C=O) groups is 1. The molecule has 0 atom stereocenters. The Hall–Kier alpha value is -2.44. The number of carbonyl (C=O) groups excluding carboxylic acids is 1. The van der Waals surface area contributed by atoms with Crippen LogP contribution in [0.2, 0.25) is 0 Å². The van der Waals surface area contributed by atoms with Gasteiger partial charge in [-0.15, -0.1) is 0 Å². The first-order valence-corrected chi connectivity index (χ1v) is 6.83. The molecule has 0 saturated heterocycles. The van der Waals surface area contributed by atoms with Gasteiger partial charge >= 0.3 is 6.61 Å². The highest BCUT2D eigenvalue weighted by atomic mass is 19.3. The summed E-state index contributed by atoms with van der Waals surface area (Å²) in [6.45, 7) is 0.0146. The van der Waals surface area contributed by atoms with Crippen molar-refractivity contribution in [2.75, 3.05) is 7.05 Å². The minimum Gasteiger partial charge on any atom is -0.434 e. The number of aromatic nitrogens is 2. The molecule has 0 radical (unpaired) electrons. The number of benzene rings is 1. The Bertz CT molecular complexity index is 643. The van der Waals surface area contributed by atoms with Crippen LogP contribution in [0, 0.1) is 0 Å². The molecule has 7 heteroatoms. The number of aryl methyl sites for hydroxylation is 1. The monoisotopic (exact) mass is 309 g/mol. The Morgan fingerprint density at radius 1 is 1.36 bits per heavy atom. The van der Waals surface area contributed by atoms with Gasteiger partial charge in [0.2, 0.25) is 0 Å². The molecule has 0 saturated carbocycles. The van der Waals surface area contributed by atoms with Crippen molar-refractivity contribution in [3.8, 4) is 5.75 Å². The molecule has 0 N–H and O–H groups in total. The lowest BCUT2D eigenvalue weighted by molar-refractivity contribution is -0.0502. The maximum atomic E-state index is 12.4. The fourth-order valence-corrected chi connectivity index (χ4v) is 2.03. The Balaban J connectivity index is 2.13. The van der Waals surface area contributed by atoms with Crippen molar-refractivity contribution in [2.24, 2.45) is 0 Å². The van der Waals surface area contributed by atoms with Gasteiger partial charge in [-0.1, -0.05) is 12.1 Å². The molecule has 0 aliphatic carbocycles. The highest BCUT2D eigenvalue weighted by Gasteiger charge is 2.19. The van der Waals surface area contributed by atoms with Gasteiger partial charge in [-0.25, -0.2) is 0 Å². The predicted octanol–water partition coefficient (Wildman–Crippen LogP) is 2.78. The highest BCUT2D eigenvalue weighted by Crippen LogP contribution is 2.22. The Kier molecular flexibility index (Phi) is 5.08. The lowest BCUT2D eigenvalue weighted by atomic mass is 10.1. The van der Waals surface area contributed by atoms with Crippen molar-refractivity contribution < 1.29 is 18.3 Å². The van der Waals surface area contributed by atoms with Crippen LogP contribution in [-0.4, -0.2) is 34.2 Å². The summed E-state index contributed by atoms with van der Waals surface area (Å²) in [5.74, 6) is -0.532. The van der Waals surface area contributed by atoms with E-state index in [-0.39, 0.29) is 17.9 Å². The van der Waals surface area contributed by atoms with Gasteiger partial charge in [-0.3, -0.25) is 9.48 Å². The van der Waals surface area contributed by atoms with E-state index in [0.717, 1.165) is 12.2 Å². The molecule has 118 valence electrons. The predicted molar refractivity (Wildman–Crippen MR) is 76.8 cm³/mol. The van der Waals surface area contributed by atoms with E-state index >= 15 is 0 Å². The molecule has 0 aliphatic rings. The molecule has 22 heavy (non-hydrogen) atoms. The van der Waals surface area contributed by atoms with Crippen LogP contribution in [0.4, 0.5) is 8.78 Å². The number of amides is 1. The standard InChI is InChI=1S/C15H17F2N3O2/c1-3-20-9-8-11(18-20)10-19(2)14(21)12-6-4-5-7-13(12)22-15(16)17/h4-9,15H,3,10H2,1-2H3. The maximum absolute atomic E-state index is 12.4. The van der Waals surface area contributed by atoms with Crippen LogP contribution in [0.3, 0.4) is 0 Å². The SMILES string of the molecule is CCn1ccc(CN(C)C(=O)c2ccccc2OC(F)F)n1. The maximum Gasteiger partial charge on any atom is 0.387 e. The Morgan fingerprint density at radius 2 is 2.09 bits per heavy atom. The van der Waals surface area contributed by atoms with E-state index in [2.05, 4.69) is 9.84 Å². The van der Waals surface area contributed by atoms with Gasteiger partial charge in [0.25, 0.3) is 5.91 Å². The number of rotatable bonds is 6. The molecule has 1 heterocycles. The molecular formula is C15H17F2N3O2. The van der Waals surface area contributed by atoms with E-state index in [0.29, 0.717) is 0 Å². The first-order chi connectivity index (χ1) is 10.5. The highest BCUT2D eigenvalue weighted by molar-refractivity contribution is 5.96. The van der Waals surface area contributed by atoms with Gasteiger partial charge in [0.1, 0.15) is 5.75 Å². The average molecular weight is 309 g/mol. The summed E-state index contributed by atoms with van der Waals surface area (Å²) in [5, 5.41) is 4.29. The molecule has 1 amide bonds. The van der Waals surface area contributed by atoms with Crippen molar-refractivity contribution in [2.45, 2.75) is 26.6 Å². The first kappa shape index (κ1) is 15.9. The zero-order chi connectivity index (χ0) is 16.1. The topological polar surface area (TPSA) is 47.4 Å². The third-order valence-electron chi connectivity index (χ3n) is 3.10. The van der Waals surface area contributed by atoms with Crippen LogP contribution in [0.25, 0.3) is 0 Å². The average Bonchev–Trinajstić information content (AvgIpc) is 2.94. The molecular weight excluding hydrogens is 292 g/mol. The number of nitrogens with zero attached hydrogens (tertiary/aromatic N) is 3. The summed E-state index contributed by atoms with van der Waals surface area (Å²) in [7, 11) is 1.59. The first-order valence-electron chi connectivity index (χ1n) is 6.83. The molecule has 1 aromatic heterocycles. The molecule has 0 unspecified atom stereocenters. The van der Waals surface area contributed by atoms with Gasteiger partial charge in [-0.2, -0.15) is 13.9 Å². The quantitative estimate of drug-likeness (QED) is 0.824. The lowest BCUT2D eigenvalue weighted by Gasteiger charge is -2.18. The number of halogens is 2. The van der Waals surface area contributed by atoms with Gasteiger partial charge in [-0.05, 0) is 25.1 Å². The van der Waals surface area contributed by atoms with Crippen molar-refractivity contribution in [3.63, 3.8) is 0 Å². The van der Waals surface area contributed by atoms with Gasteiger partial charge in [0.15, 0.2) is 0 Å². The lowest BCUT2D eigenvalue weighted by Crippen LogP contribution is -2.27. The zero-order valence-corrected chi connectivity index (χ0v) is 12.4. The second-order valence-corrected chi connectivity index (χ2v) is 4.70. The summed E-state index contributed by atoms with van der Waals surface area (Å²) in [6.07, 6.45) is 1.82. The summed E-state index contributed by atoms with van der Waals surface area (Å²) in [6, 6.07) is 7.76. The summed E-state index contributed by atoms with van der Waals surface area (Å²) in [4.78, 5) is 13.8. The smallest absolute Gasteiger partial charge is 0.387 e. The fourth-order valence-electron chi connectivity index (χ4n) is 2.03. The fraction of sp³-hybridized carbons (Fsp3) is 0.333. The van der Waals surface area contributed by atoms with E-state index in [1.807, 2.05) is 19.2 Å². The molecule has 5 nitrogen and oxygen atoms in total. The molecule has 0 bridgehead atoms. The third kappa shape index (κ3) is 3.81.